The number of ketones is 1. The molecule has 0 unspecified atom stereocenters. The Morgan fingerprint density at radius 1 is 1.16 bits per heavy atom. The van der Waals surface area contributed by atoms with E-state index < -0.39 is 0 Å². The van der Waals surface area contributed by atoms with Crippen LogP contribution in [0.15, 0.2) is 24.3 Å². The predicted molar refractivity (Wildman–Crippen MR) is 76.6 cm³/mol. The van der Waals surface area contributed by atoms with Crippen LogP contribution in [0.4, 0.5) is 0 Å². The van der Waals surface area contributed by atoms with Gasteiger partial charge < -0.3 is 9.64 Å². The predicted octanol–water partition coefficient (Wildman–Crippen LogP) is 2.68. The van der Waals surface area contributed by atoms with E-state index in [0.29, 0.717) is 5.78 Å². The number of likely N-dealkylation sites (tertiary alicyclic amines) is 1. The van der Waals surface area contributed by atoms with E-state index in [-0.39, 0.29) is 6.10 Å². The summed E-state index contributed by atoms with van der Waals surface area (Å²) in [6.45, 7) is 6.95. The van der Waals surface area contributed by atoms with E-state index in [1.54, 1.807) is 0 Å². The van der Waals surface area contributed by atoms with Crippen LogP contribution in [0.3, 0.4) is 0 Å². The maximum atomic E-state index is 11.2. The summed E-state index contributed by atoms with van der Waals surface area (Å²) in [6.07, 6.45) is 2.70. The first-order valence-electron chi connectivity index (χ1n) is 7.13. The van der Waals surface area contributed by atoms with Gasteiger partial charge in [0.25, 0.3) is 0 Å². The van der Waals surface area contributed by atoms with Crippen LogP contribution in [0.5, 0.6) is 5.75 Å². The molecule has 3 nitrogen and oxygen atoms in total. The lowest BCUT2D eigenvalue weighted by molar-refractivity contribution is -0.121. The van der Waals surface area contributed by atoms with Crippen LogP contribution in [0.2, 0.25) is 0 Å². The standard InChI is InChI=1S/C16H23NO2/c1-13(2)19-16-5-3-14(4-6-16)7-10-17-11-8-15(18)9-12-17/h3-6,13H,7-12H2,1-2H3. The highest BCUT2D eigenvalue weighted by atomic mass is 16.5. The molecule has 19 heavy (non-hydrogen) atoms. The van der Waals surface area contributed by atoms with Crippen molar-refractivity contribution in [2.45, 2.75) is 39.2 Å². The first-order valence-corrected chi connectivity index (χ1v) is 7.13. The summed E-state index contributed by atoms with van der Waals surface area (Å²) < 4.78 is 5.63. The molecule has 1 fully saturated rings. The number of ether oxygens (including phenoxy) is 1. The average molecular weight is 261 g/mol. The molecule has 1 saturated heterocycles. The summed E-state index contributed by atoms with van der Waals surface area (Å²) in [5.41, 5.74) is 1.33. The molecule has 0 radical (unpaired) electrons. The van der Waals surface area contributed by atoms with Crippen molar-refractivity contribution in [1.29, 1.82) is 0 Å². The van der Waals surface area contributed by atoms with Crippen LogP contribution >= 0.6 is 0 Å². The number of hydrogen-bond acceptors (Lipinski definition) is 3. The van der Waals surface area contributed by atoms with Gasteiger partial charge >= 0.3 is 0 Å². The Kier molecular flexibility index (Phi) is 4.97. The van der Waals surface area contributed by atoms with Crippen molar-refractivity contribution in [3.63, 3.8) is 0 Å². The molecule has 0 aliphatic carbocycles. The fourth-order valence-corrected chi connectivity index (χ4v) is 2.32. The summed E-state index contributed by atoms with van der Waals surface area (Å²) in [5, 5.41) is 0. The Labute approximate surface area is 115 Å². The number of piperidine rings is 1. The number of carbonyl (C=O) groups excluding carboxylic acids is 1. The minimum atomic E-state index is 0.219. The van der Waals surface area contributed by atoms with Gasteiger partial charge in [0.15, 0.2) is 0 Å². The molecule has 0 amide bonds. The molecule has 3 heteroatoms. The molecule has 1 aromatic carbocycles. The van der Waals surface area contributed by atoms with E-state index in [4.69, 9.17) is 4.74 Å². The van der Waals surface area contributed by atoms with Crippen molar-refractivity contribution in [3.8, 4) is 5.75 Å². The third-order valence-electron chi connectivity index (χ3n) is 3.43. The van der Waals surface area contributed by atoms with Gasteiger partial charge in [-0.3, -0.25) is 4.79 Å². The first-order chi connectivity index (χ1) is 9.13. The van der Waals surface area contributed by atoms with Crippen molar-refractivity contribution in [2.24, 2.45) is 0 Å². The summed E-state index contributed by atoms with van der Waals surface area (Å²) in [4.78, 5) is 13.5. The highest BCUT2D eigenvalue weighted by Crippen LogP contribution is 2.15. The Morgan fingerprint density at radius 2 is 1.79 bits per heavy atom. The third-order valence-corrected chi connectivity index (χ3v) is 3.43. The maximum absolute atomic E-state index is 11.2. The van der Waals surface area contributed by atoms with E-state index in [1.807, 2.05) is 26.0 Å². The maximum Gasteiger partial charge on any atom is 0.135 e. The Bertz CT molecular complexity index is 401. The quantitative estimate of drug-likeness (QED) is 0.816. The SMILES string of the molecule is CC(C)Oc1ccc(CCN2CCC(=O)CC2)cc1. The monoisotopic (exact) mass is 261 g/mol. The molecule has 0 aromatic heterocycles. The number of hydrogen-bond donors (Lipinski definition) is 0. The van der Waals surface area contributed by atoms with Gasteiger partial charge in [-0.15, -0.1) is 0 Å². The molecule has 0 spiro atoms. The molecular weight excluding hydrogens is 238 g/mol. The molecule has 104 valence electrons. The van der Waals surface area contributed by atoms with Crippen LogP contribution in [-0.2, 0) is 11.2 Å². The first kappa shape index (κ1) is 14.1. The largest absolute Gasteiger partial charge is 0.491 e. The van der Waals surface area contributed by atoms with Gasteiger partial charge in [0.05, 0.1) is 6.10 Å². The lowest BCUT2D eigenvalue weighted by atomic mass is 10.1. The molecule has 0 bridgehead atoms. The van der Waals surface area contributed by atoms with Gasteiger partial charge in [0, 0.05) is 32.5 Å². The summed E-state index contributed by atoms with van der Waals surface area (Å²) in [5.74, 6) is 1.34. The summed E-state index contributed by atoms with van der Waals surface area (Å²) >= 11 is 0. The van der Waals surface area contributed by atoms with E-state index >= 15 is 0 Å². The number of Topliss-reactive ketones (excluding diaryl/α,β-unsaturated/α-hetero) is 1. The van der Waals surface area contributed by atoms with Crippen LogP contribution in [-0.4, -0.2) is 36.4 Å². The Hall–Kier alpha value is -1.35. The Balaban J connectivity index is 1.78. The van der Waals surface area contributed by atoms with Gasteiger partial charge in [-0.25, -0.2) is 0 Å². The molecule has 1 aliphatic heterocycles. The van der Waals surface area contributed by atoms with Gasteiger partial charge in [-0.05, 0) is 38.0 Å². The second-order valence-corrected chi connectivity index (χ2v) is 5.44. The zero-order valence-corrected chi connectivity index (χ0v) is 11.9. The highest BCUT2D eigenvalue weighted by Gasteiger charge is 2.15. The zero-order chi connectivity index (χ0) is 13.7. The third kappa shape index (κ3) is 4.67. The van der Waals surface area contributed by atoms with Gasteiger partial charge in [-0.1, -0.05) is 12.1 Å². The smallest absolute Gasteiger partial charge is 0.135 e. The number of benzene rings is 1. The molecule has 0 atom stereocenters. The number of nitrogens with zero attached hydrogens (tertiary/aromatic N) is 1. The summed E-state index contributed by atoms with van der Waals surface area (Å²) in [6, 6.07) is 8.34. The van der Waals surface area contributed by atoms with E-state index in [1.165, 1.54) is 5.56 Å². The van der Waals surface area contributed by atoms with Crippen LogP contribution in [0, 0.1) is 0 Å². The number of rotatable bonds is 5. The van der Waals surface area contributed by atoms with Crippen molar-refractivity contribution >= 4 is 5.78 Å². The van der Waals surface area contributed by atoms with Crippen molar-refractivity contribution < 1.29 is 9.53 Å². The second kappa shape index (κ2) is 6.71. The lowest BCUT2D eigenvalue weighted by Crippen LogP contribution is -2.35. The van der Waals surface area contributed by atoms with E-state index in [0.717, 1.165) is 44.6 Å². The number of carbonyl (C=O) groups is 1. The average Bonchev–Trinajstić information content (AvgIpc) is 2.39. The lowest BCUT2D eigenvalue weighted by Gasteiger charge is -2.25. The molecule has 1 aromatic rings. The van der Waals surface area contributed by atoms with Crippen molar-refractivity contribution in [3.05, 3.63) is 29.8 Å². The summed E-state index contributed by atoms with van der Waals surface area (Å²) in [7, 11) is 0. The van der Waals surface area contributed by atoms with Crippen molar-refractivity contribution in [2.75, 3.05) is 19.6 Å². The van der Waals surface area contributed by atoms with Gasteiger partial charge in [0.1, 0.15) is 11.5 Å². The van der Waals surface area contributed by atoms with Gasteiger partial charge in [-0.2, -0.15) is 0 Å². The normalized spacial score (nSPS) is 16.9. The second-order valence-electron chi connectivity index (χ2n) is 5.44. The fourth-order valence-electron chi connectivity index (χ4n) is 2.32. The minimum Gasteiger partial charge on any atom is -0.491 e. The van der Waals surface area contributed by atoms with Crippen LogP contribution < -0.4 is 4.74 Å². The molecule has 0 saturated carbocycles. The van der Waals surface area contributed by atoms with Crippen LogP contribution in [0.25, 0.3) is 0 Å². The topological polar surface area (TPSA) is 29.5 Å². The molecule has 1 aliphatic rings. The molecule has 1 heterocycles. The van der Waals surface area contributed by atoms with Crippen molar-refractivity contribution in [1.82, 2.24) is 4.90 Å². The highest BCUT2D eigenvalue weighted by molar-refractivity contribution is 5.79. The van der Waals surface area contributed by atoms with Gasteiger partial charge in [0.2, 0.25) is 0 Å². The van der Waals surface area contributed by atoms with E-state index in [2.05, 4.69) is 17.0 Å². The molecular formula is C16H23NO2. The fraction of sp³-hybridized carbons (Fsp3) is 0.562. The van der Waals surface area contributed by atoms with Crippen LogP contribution in [0.1, 0.15) is 32.3 Å². The minimum absolute atomic E-state index is 0.219. The molecule has 0 N–H and O–H groups in total. The molecule has 2 rings (SSSR count). The zero-order valence-electron chi connectivity index (χ0n) is 11.9. The Morgan fingerprint density at radius 3 is 2.37 bits per heavy atom. The van der Waals surface area contributed by atoms with E-state index in [9.17, 15) is 4.79 Å².